The van der Waals surface area contributed by atoms with Crippen LogP contribution in [0.2, 0.25) is 10.0 Å². The predicted molar refractivity (Wildman–Crippen MR) is 64.7 cm³/mol. The van der Waals surface area contributed by atoms with E-state index < -0.39 is 16.3 Å². The van der Waals surface area contributed by atoms with Gasteiger partial charge in [0, 0.05) is 15.5 Å². The molecule has 0 heterocycles. The van der Waals surface area contributed by atoms with Crippen molar-refractivity contribution in [2.45, 2.75) is 23.6 Å². The molecule has 16 heavy (non-hydrogen) atoms. The lowest BCUT2D eigenvalue weighted by Gasteiger charge is -2.14. The van der Waals surface area contributed by atoms with Crippen LogP contribution in [0.1, 0.15) is 18.9 Å². The molecule has 1 N–H and O–H groups in total. The van der Waals surface area contributed by atoms with Gasteiger partial charge in [0.15, 0.2) is 4.87 Å². The smallest absolute Gasteiger partial charge is 0.325 e. The Bertz CT molecular complexity index is 454. The molecular formula is C11H9Cl3O2. The van der Waals surface area contributed by atoms with E-state index in [4.69, 9.17) is 39.9 Å². The number of benzene rings is 1. The number of halogens is 3. The molecule has 1 fully saturated rings. The summed E-state index contributed by atoms with van der Waals surface area (Å²) in [5.41, 5.74) is 0.164. The Balaban J connectivity index is 2.44. The maximum absolute atomic E-state index is 11.0. The van der Waals surface area contributed by atoms with Gasteiger partial charge in [-0.3, -0.25) is 4.79 Å². The quantitative estimate of drug-likeness (QED) is 0.838. The molecule has 1 aliphatic rings. The van der Waals surface area contributed by atoms with Crippen molar-refractivity contribution in [2.24, 2.45) is 0 Å². The van der Waals surface area contributed by atoms with Gasteiger partial charge in [0.2, 0.25) is 0 Å². The summed E-state index contributed by atoms with van der Waals surface area (Å²) in [5, 5.41) is 10.0. The van der Waals surface area contributed by atoms with E-state index >= 15 is 0 Å². The van der Waals surface area contributed by atoms with Crippen molar-refractivity contribution < 1.29 is 9.90 Å². The first kappa shape index (κ1) is 12.0. The zero-order valence-corrected chi connectivity index (χ0v) is 10.7. The van der Waals surface area contributed by atoms with Gasteiger partial charge in [-0.25, -0.2) is 0 Å². The monoisotopic (exact) mass is 278 g/mol. The van der Waals surface area contributed by atoms with E-state index in [-0.39, 0.29) is 0 Å². The number of carboxylic acid groups (broad SMARTS) is 1. The van der Waals surface area contributed by atoms with Gasteiger partial charge < -0.3 is 5.11 Å². The van der Waals surface area contributed by atoms with Crippen LogP contribution in [0.25, 0.3) is 0 Å². The summed E-state index contributed by atoms with van der Waals surface area (Å²) in [5.74, 6) is -1.01. The average molecular weight is 280 g/mol. The molecule has 0 aromatic heterocycles. The second-order valence-electron chi connectivity index (χ2n) is 4.27. The van der Waals surface area contributed by atoms with Gasteiger partial charge in [0.05, 0.1) is 0 Å². The number of hydrogen-bond acceptors (Lipinski definition) is 1. The Morgan fingerprint density at radius 1 is 1.31 bits per heavy atom. The molecule has 1 saturated carbocycles. The Morgan fingerprint density at radius 2 is 1.81 bits per heavy atom. The topological polar surface area (TPSA) is 37.3 Å². The fraction of sp³-hybridized carbons (Fsp3) is 0.364. The molecule has 86 valence electrons. The fourth-order valence-electron chi connectivity index (χ4n) is 1.96. The summed E-state index contributed by atoms with van der Waals surface area (Å²) in [7, 11) is 0. The largest absolute Gasteiger partial charge is 0.480 e. The highest BCUT2D eigenvalue weighted by Gasteiger charge is 2.70. The van der Waals surface area contributed by atoms with Crippen molar-refractivity contribution in [2.75, 3.05) is 0 Å². The molecule has 0 radical (unpaired) electrons. The van der Waals surface area contributed by atoms with E-state index in [9.17, 15) is 4.79 Å². The van der Waals surface area contributed by atoms with Gasteiger partial charge in [-0.05, 0) is 30.2 Å². The van der Waals surface area contributed by atoms with E-state index in [1.54, 1.807) is 25.1 Å². The number of aliphatic carboxylic acids is 1. The molecule has 2 nitrogen and oxygen atoms in total. The molecule has 0 bridgehead atoms. The lowest BCUT2D eigenvalue weighted by atomic mass is 9.95. The van der Waals surface area contributed by atoms with Gasteiger partial charge in [0.1, 0.15) is 0 Å². The first-order valence-electron chi connectivity index (χ1n) is 4.68. The predicted octanol–water partition coefficient (Wildman–Crippen LogP) is 3.72. The van der Waals surface area contributed by atoms with Crippen molar-refractivity contribution in [3.8, 4) is 0 Å². The number of carbonyl (C=O) groups is 1. The number of hydrogen-bond donors (Lipinski definition) is 1. The van der Waals surface area contributed by atoms with Crippen LogP contribution in [0.5, 0.6) is 0 Å². The highest BCUT2D eigenvalue weighted by molar-refractivity contribution is 6.38. The number of rotatable bonds is 2. The second-order valence-corrected chi connectivity index (χ2v) is 5.79. The summed E-state index contributed by atoms with van der Waals surface area (Å²) in [6, 6.07) is 5.02. The van der Waals surface area contributed by atoms with Gasteiger partial charge in [-0.2, -0.15) is 0 Å². The Morgan fingerprint density at radius 3 is 2.19 bits per heavy atom. The third kappa shape index (κ3) is 1.60. The van der Waals surface area contributed by atoms with Crippen LogP contribution < -0.4 is 0 Å². The average Bonchev–Trinajstić information content (AvgIpc) is 2.71. The van der Waals surface area contributed by atoms with Crippen molar-refractivity contribution in [3.63, 3.8) is 0 Å². The Kier molecular flexibility index (Phi) is 2.65. The van der Waals surface area contributed by atoms with Gasteiger partial charge in [-0.1, -0.05) is 30.1 Å². The Hall–Kier alpha value is -0.440. The summed E-state index contributed by atoms with van der Waals surface area (Å²) < 4.78 is 0. The maximum atomic E-state index is 11.0. The molecular weight excluding hydrogens is 270 g/mol. The molecule has 5 heteroatoms. The SMILES string of the molecule is CC1(c2cc(Cl)cc(Cl)c2)CC1(Cl)C(=O)O. The van der Waals surface area contributed by atoms with E-state index in [0.717, 1.165) is 5.56 Å². The molecule has 2 unspecified atom stereocenters. The minimum atomic E-state index is -1.24. The second kappa shape index (κ2) is 3.52. The standard InChI is InChI=1S/C11H9Cl3O2/c1-10(5-11(10,14)9(15)16)6-2-7(12)4-8(13)3-6/h2-4H,5H2,1H3,(H,15,16). The molecule has 0 saturated heterocycles. The summed E-state index contributed by atoms with van der Waals surface area (Å²) in [6.07, 6.45) is 0.383. The van der Waals surface area contributed by atoms with Crippen molar-refractivity contribution in [1.29, 1.82) is 0 Å². The van der Waals surface area contributed by atoms with E-state index in [0.29, 0.717) is 16.5 Å². The van der Waals surface area contributed by atoms with Gasteiger partial charge in [0.25, 0.3) is 0 Å². The van der Waals surface area contributed by atoms with Crippen LogP contribution in [0.4, 0.5) is 0 Å². The number of carboxylic acids is 1. The molecule has 1 aromatic rings. The zero-order chi connectivity index (χ0) is 12.1. The molecule has 0 amide bonds. The van der Waals surface area contributed by atoms with Crippen LogP contribution in [-0.2, 0) is 10.2 Å². The first-order valence-corrected chi connectivity index (χ1v) is 5.82. The third-order valence-electron chi connectivity index (χ3n) is 3.19. The molecule has 0 spiro atoms. The maximum Gasteiger partial charge on any atom is 0.325 e. The lowest BCUT2D eigenvalue weighted by Crippen LogP contribution is -2.25. The summed E-state index contributed by atoms with van der Waals surface area (Å²) in [6.45, 7) is 1.80. The molecule has 2 atom stereocenters. The molecule has 1 aromatic carbocycles. The van der Waals surface area contributed by atoms with Gasteiger partial charge >= 0.3 is 5.97 Å². The summed E-state index contributed by atoms with van der Waals surface area (Å²) in [4.78, 5) is 9.81. The molecule has 2 rings (SSSR count). The van der Waals surface area contributed by atoms with Crippen LogP contribution in [0.3, 0.4) is 0 Å². The Labute approximate surface area is 108 Å². The van der Waals surface area contributed by atoms with Crippen LogP contribution in [0.15, 0.2) is 18.2 Å². The van der Waals surface area contributed by atoms with E-state index in [1.165, 1.54) is 0 Å². The highest BCUT2D eigenvalue weighted by Crippen LogP contribution is 2.62. The number of alkyl halides is 1. The van der Waals surface area contributed by atoms with Crippen molar-refractivity contribution in [1.82, 2.24) is 0 Å². The molecule has 1 aliphatic carbocycles. The minimum absolute atomic E-state index is 0.383. The van der Waals surface area contributed by atoms with E-state index in [2.05, 4.69) is 0 Å². The normalized spacial score (nSPS) is 32.5. The van der Waals surface area contributed by atoms with Gasteiger partial charge in [-0.15, -0.1) is 11.6 Å². The zero-order valence-electron chi connectivity index (χ0n) is 8.43. The highest BCUT2D eigenvalue weighted by atomic mass is 35.5. The van der Waals surface area contributed by atoms with Crippen LogP contribution in [0, 0.1) is 0 Å². The van der Waals surface area contributed by atoms with Crippen molar-refractivity contribution >= 4 is 40.8 Å². The van der Waals surface area contributed by atoms with Crippen molar-refractivity contribution in [3.05, 3.63) is 33.8 Å². The fourth-order valence-corrected chi connectivity index (χ4v) is 2.86. The first-order chi connectivity index (χ1) is 7.29. The lowest BCUT2D eigenvalue weighted by molar-refractivity contribution is -0.137. The van der Waals surface area contributed by atoms with E-state index in [1.807, 2.05) is 0 Å². The van der Waals surface area contributed by atoms with Crippen LogP contribution in [-0.4, -0.2) is 16.0 Å². The third-order valence-corrected chi connectivity index (χ3v) is 4.33. The minimum Gasteiger partial charge on any atom is -0.480 e. The van der Waals surface area contributed by atoms with Crippen LogP contribution >= 0.6 is 34.8 Å². The molecule has 0 aliphatic heterocycles. The summed E-state index contributed by atoms with van der Waals surface area (Å²) >= 11 is 17.8.